The Kier molecular flexibility index (Phi) is 8.37. The average Bonchev–Trinajstić information content (AvgIpc) is 3.34. The van der Waals surface area contributed by atoms with Crippen molar-refractivity contribution >= 4 is 46.2 Å². The van der Waals surface area contributed by atoms with Gasteiger partial charge in [0.15, 0.2) is 0 Å². The summed E-state index contributed by atoms with van der Waals surface area (Å²) in [5.74, 6) is 0. The van der Waals surface area contributed by atoms with Gasteiger partial charge in [-0.3, -0.25) is 0 Å². The molecule has 3 heterocycles. The zero-order valence-corrected chi connectivity index (χ0v) is 36.2. The van der Waals surface area contributed by atoms with E-state index in [2.05, 4.69) is 250 Å². The molecule has 0 saturated carbocycles. The van der Waals surface area contributed by atoms with Gasteiger partial charge in [-0.15, -0.1) is 0 Å². The minimum atomic E-state index is -0.402. The second-order valence-electron chi connectivity index (χ2n) is 18.5. The van der Waals surface area contributed by atoms with E-state index in [1.165, 1.54) is 106 Å². The highest BCUT2D eigenvalue weighted by Gasteiger charge is 2.50. The molecular formula is C60H47BN2. The van der Waals surface area contributed by atoms with E-state index in [-0.39, 0.29) is 12.3 Å². The van der Waals surface area contributed by atoms with Gasteiger partial charge in [-0.2, -0.15) is 0 Å². The van der Waals surface area contributed by atoms with Gasteiger partial charge in [0.1, 0.15) is 0 Å². The Morgan fingerprint density at radius 2 is 0.730 bits per heavy atom. The summed E-state index contributed by atoms with van der Waals surface area (Å²) in [5, 5.41) is 0. The molecule has 0 amide bonds. The number of anilines is 5. The molecule has 0 fully saturated rings. The normalized spacial score (nSPS) is 14.8. The van der Waals surface area contributed by atoms with Crippen molar-refractivity contribution in [3.05, 3.63) is 235 Å². The van der Waals surface area contributed by atoms with Crippen LogP contribution in [0.2, 0.25) is 0 Å². The Labute approximate surface area is 371 Å². The molecule has 0 radical (unpaired) electrons. The molecule has 3 aliphatic heterocycles. The third-order valence-electron chi connectivity index (χ3n) is 14.2. The highest BCUT2D eigenvalue weighted by molar-refractivity contribution is 6.92. The van der Waals surface area contributed by atoms with Crippen LogP contribution in [0.4, 0.5) is 28.4 Å². The Bertz CT molecular complexity index is 3090. The van der Waals surface area contributed by atoms with Gasteiger partial charge in [-0.1, -0.05) is 204 Å². The number of fused-ring (bicyclic) bond motifs is 6. The van der Waals surface area contributed by atoms with E-state index < -0.39 is 5.41 Å². The quantitative estimate of drug-likeness (QED) is 0.160. The maximum atomic E-state index is 2.78. The molecule has 9 aromatic carbocycles. The van der Waals surface area contributed by atoms with Crippen LogP contribution in [0, 0.1) is 0 Å². The third kappa shape index (κ3) is 5.59. The molecule has 3 aliphatic rings. The molecule has 2 nitrogen and oxygen atoms in total. The summed E-state index contributed by atoms with van der Waals surface area (Å²) in [6.07, 6.45) is 0. The number of rotatable bonds is 5. The van der Waals surface area contributed by atoms with Crippen LogP contribution >= 0.6 is 0 Å². The zero-order chi connectivity index (χ0) is 42.5. The van der Waals surface area contributed by atoms with Crippen molar-refractivity contribution in [1.82, 2.24) is 0 Å². The van der Waals surface area contributed by atoms with Crippen LogP contribution < -0.4 is 20.6 Å². The van der Waals surface area contributed by atoms with Gasteiger partial charge in [0, 0.05) is 44.7 Å². The van der Waals surface area contributed by atoms with E-state index in [4.69, 9.17) is 0 Å². The van der Waals surface area contributed by atoms with Gasteiger partial charge >= 0.3 is 6.85 Å². The van der Waals surface area contributed by atoms with Crippen LogP contribution in [-0.2, 0) is 10.8 Å². The smallest absolute Gasteiger partial charge is 0.332 e. The summed E-state index contributed by atoms with van der Waals surface area (Å²) in [7, 11) is 0. The molecule has 0 spiro atoms. The van der Waals surface area contributed by atoms with Gasteiger partial charge < -0.3 is 9.71 Å². The lowest BCUT2D eigenvalue weighted by molar-refractivity contribution is 0.632. The van der Waals surface area contributed by atoms with Crippen molar-refractivity contribution in [3.63, 3.8) is 0 Å². The van der Waals surface area contributed by atoms with E-state index in [9.17, 15) is 0 Å². The molecule has 0 saturated heterocycles. The fourth-order valence-corrected chi connectivity index (χ4v) is 11.1. The lowest BCUT2D eigenvalue weighted by Gasteiger charge is -2.51. The van der Waals surface area contributed by atoms with Crippen molar-refractivity contribution in [2.24, 2.45) is 0 Å². The van der Waals surface area contributed by atoms with Crippen molar-refractivity contribution in [1.29, 1.82) is 0 Å². The Balaban J connectivity index is 1.26. The van der Waals surface area contributed by atoms with Crippen LogP contribution in [0.3, 0.4) is 0 Å². The van der Waals surface area contributed by atoms with Crippen LogP contribution in [0.1, 0.15) is 49.9 Å². The van der Waals surface area contributed by atoms with Gasteiger partial charge in [0.2, 0.25) is 0 Å². The molecule has 0 aromatic heterocycles. The lowest BCUT2D eigenvalue weighted by atomic mass is 9.44. The number of hydrogen-bond acceptors (Lipinski definition) is 2. The largest absolute Gasteiger partial charge is 0.375 e. The fourth-order valence-electron chi connectivity index (χ4n) is 11.1. The van der Waals surface area contributed by atoms with Gasteiger partial charge in [-0.25, -0.2) is 0 Å². The summed E-state index contributed by atoms with van der Waals surface area (Å²) < 4.78 is 0. The average molecular weight is 807 g/mol. The first-order chi connectivity index (χ1) is 30.8. The molecule has 0 aliphatic carbocycles. The first-order valence-corrected chi connectivity index (χ1v) is 22.3. The second kappa shape index (κ2) is 14.1. The Hall–Kier alpha value is -7.36. The molecule has 63 heavy (non-hydrogen) atoms. The van der Waals surface area contributed by atoms with Gasteiger partial charge in [-0.05, 0) is 103 Å². The summed E-state index contributed by atoms with van der Waals surface area (Å²) in [4.78, 5) is 5.35. The lowest BCUT2D eigenvalue weighted by Crippen LogP contribution is -2.62. The minimum Gasteiger partial charge on any atom is -0.375 e. The summed E-state index contributed by atoms with van der Waals surface area (Å²) in [5.41, 5.74) is 23.3. The molecule has 9 aromatic rings. The molecule has 0 atom stereocenters. The second-order valence-corrected chi connectivity index (χ2v) is 18.5. The van der Waals surface area contributed by atoms with Crippen molar-refractivity contribution in [3.8, 4) is 44.5 Å². The monoisotopic (exact) mass is 806 g/mol. The molecular weight excluding hydrogens is 759 g/mol. The first-order valence-electron chi connectivity index (χ1n) is 22.3. The molecule has 300 valence electrons. The molecule has 0 bridgehead atoms. The first kappa shape index (κ1) is 37.4. The zero-order valence-electron chi connectivity index (χ0n) is 36.2. The molecule has 0 unspecified atom stereocenters. The van der Waals surface area contributed by atoms with Crippen LogP contribution in [-0.4, -0.2) is 6.85 Å². The van der Waals surface area contributed by atoms with E-state index >= 15 is 0 Å². The standard InChI is InChI=1S/C60H47BN2/c1-59(2)48-30-17-19-34-54(48)62-55-35-20-18-32-52(55)61(53-33-21-31-49(59)58(53)62)63-56-46(42-26-13-7-14-27-42)36-44(40-22-9-5-10-23-40)38-50(56)60(3,4)51-39-45(41-24-11-6-12-25-41)37-47(57(51)63)43-28-15-8-16-29-43/h5-39H,1-4H3. The van der Waals surface area contributed by atoms with E-state index in [0.29, 0.717) is 0 Å². The number of benzene rings is 9. The summed E-state index contributed by atoms with van der Waals surface area (Å²) in [6.45, 7) is 9.54. The van der Waals surface area contributed by atoms with Crippen LogP contribution in [0.25, 0.3) is 44.5 Å². The van der Waals surface area contributed by atoms with Crippen LogP contribution in [0.15, 0.2) is 212 Å². The van der Waals surface area contributed by atoms with Crippen LogP contribution in [0.5, 0.6) is 0 Å². The third-order valence-corrected chi connectivity index (χ3v) is 14.2. The van der Waals surface area contributed by atoms with Crippen molar-refractivity contribution < 1.29 is 0 Å². The van der Waals surface area contributed by atoms with Gasteiger partial charge in [0.25, 0.3) is 0 Å². The van der Waals surface area contributed by atoms with Crippen molar-refractivity contribution in [2.45, 2.75) is 38.5 Å². The predicted molar refractivity (Wildman–Crippen MR) is 267 cm³/mol. The highest BCUT2D eigenvalue weighted by Crippen LogP contribution is 2.59. The van der Waals surface area contributed by atoms with Gasteiger partial charge in [0.05, 0.1) is 5.69 Å². The maximum absolute atomic E-state index is 2.78. The minimum absolute atomic E-state index is 0.169. The van der Waals surface area contributed by atoms with E-state index in [0.717, 1.165) is 0 Å². The number of para-hydroxylation sites is 3. The molecule has 3 heteroatoms. The molecule has 12 rings (SSSR count). The number of nitrogens with zero attached hydrogens (tertiary/aromatic N) is 2. The summed E-state index contributed by atoms with van der Waals surface area (Å²) >= 11 is 0. The molecule has 0 N–H and O–H groups in total. The van der Waals surface area contributed by atoms with E-state index in [1.807, 2.05) is 0 Å². The Morgan fingerprint density at radius 3 is 1.27 bits per heavy atom. The fraction of sp³-hybridized carbons (Fsp3) is 0.100. The SMILES string of the molecule is CC1(C)c2cc(-c3ccccc3)cc(-c3ccccc3)c2N(B2c3ccccc3N3c4ccccc4C(C)(C)c4cccc2c43)c2c(-c3ccccc3)cc(-c3ccccc3)cc21. The number of hydrogen-bond donors (Lipinski definition) is 0. The highest BCUT2D eigenvalue weighted by atomic mass is 15.2. The predicted octanol–water partition coefficient (Wildman–Crippen LogP) is 14.4. The summed E-state index contributed by atoms with van der Waals surface area (Å²) in [6, 6.07) is 79.3. The van der Waals surface area contributed by atoms with Crippen molar-refractivity contribution in [2.75, 3.05) is 9.71 Å². The topological polar surface area (TPSA) is 6.48 Å². The van der Waals surface area contributed by atoms with E-state index in [1.54, 1.807) is 0 Å². The Morgan fingerprint density at radius 1 is 0.317 bits per heavy atom. The maximum Gasteiger partial charge on any atom is 0.332 e.